The first kappa shape index (κ1) is 26.7. The molecule has 0 radical (unpaired) electrons. The molecular weight excluding hydrogens is 514 g/mol. The number of carbonyl (C=O) groups is 4. The molecule has 2 aromatic carbocycles. The number of rotatable bonds is 9. The summed E-state index contributed by atoms with van der Waals surface area (Å²) in [4.78, 5) is 54.9. The van der Waals surface area contributed by atoms with E-state index >= 15 is 0 Å². The number of hydrogen-bond donors (Lipinski definition) is 1. The van der Waals surface area contributed by atoms with Gasteiger partial charge in [-0.2, -0.15) is 0 Å². The lowest BCUT2D eigenvalue weighted by molar-refractivity contribution is -0.118. The molecule has 38 heavy (non-hydrogen) atoms. The van der Waals surface area contributed by atoms with Crippen molar-refractivity contribution in [3.05, 3.63) is 82.9 Å². The van der Waals surface area contributed by atoms with Gasteiger partial charge in [-0.25, -0.2) is 27.7 Å². The van der Waals surface area contributed by atoms with Crippen LogP contribution in [0.25, 0.3) is 0 Å². The summed E-state index contributed by atoms with van der Waals surface area (Å²) < 4.78 is 38.4. The van der Waals surface area contributed by atoms with E-state index in [-0.39, 0.29) is 48.3 Å². The monoisotopic (exact) mass is 539 g/mol. The Morgan fingerprint density at radius 2 is 1.68 bits per heavy atom. The molecule has 1 atom stereocenters. The van der Waals surface area contributed by atoms with Gasteiger partial charge < -0.3 is 14.0 Å². The number of ether oxygens (including phenoxy) is 2. The molecule has 3 aromatic rings. The Bertz CT molecular complexity index is 1510. The normalized spacial score (nSPS) is 14.6. The van der Waals surface area contributed by atoms with Crippen molar-refractivity contribution in [2.24, 2.45) is 0 Å². The summed E-state index contributed by atoms with van der Waals surface area (Å²) in [6.45, 7) is 3.40. The summed E-state index contributed by atoms with van der Waals surface area (Å²) in [5.74, 6) is -2.90. The lowest BCUT2D eigenvalue weighted by Gasteiger charge is -2.13. The minimum Gasteiger partial charge on any atom is -0.461 e. The molecule has 1 unspecified atom stereocenters. The summed E-state index contributed by atoms with van der Waals surface area (Å²) in [6.07, 6.45) is 1.07. The van der Waals surface area contributed by atoms with Gasteiger partial charge >= 0.3 is 11.9 Å². The lowest BCUT2D eigenvalue weighted by Crippen LogP contribution is -2.32. The van der Waals surface area contributed by atoms with E-state index in [2.05, 4.69) is 9.71 Å². The number of benzene rings is 2. The van der Waals surface area contributed by atoms with Gasteiger partial charge in [-0.15, -0.1) is 0 Å². The molecule has 11 nitrogen and oxygen atoms in total. The third-order valence-corrected chi connectivity index (χ3v) is 7.29. The van der Waals surface area contributed by atoms with E-state index in [0.717, 1.165) is 0 Å². The average molecular weight is 540 g/mol. The summed E-state index contributed by atoms with van der Waals surface area (Å²) >= 11 is 0. The van der Waals surface area contributed by atoms with Gasteiger partial charge in [-0.3, -0.25) is 9.59 Å². The first-order chi connectivity index (χ1) is 18.2. The summed E-state index contributed by atoms with van der Waals surface area (Å²) in [5, 5.41) is 0. The van der Waals surface area contributed by atoms with Crippen LogP contribution >= 0.6 is 0 Å². The second kappa shape index (κ2) is 11.0. The maximum Gasteiger partial charge on any atom is 0.374 e. The number of imidazole rings is 1. The Kier molecular flexibility index (Phi) is 7.72. The van der Waals surface area contributed by atoms with E-state index in [0.29, 0.717) is 16.7 Å². The molecular formula is C26H25N3O8S. The molecule has 4 rings (SSSR count). The average Bonchev–Trinajstić information content (AvgIpc) is 3.47. The number of amides is 1. The zero-order chi connectivity index (χ0) is 27.4. The number of hydrogen-bond acceptors (Lipinski definition) is 9. The van der Waals surface area contributed by atoms with Crippen molar-refractivity contribution in [3.63, 3.8) is 0 Å². The zero-order valence-corrected chi connectivity index (χ0v) is 21.5. The number of esters is 2. The van der Waals surface area contributed by atoms with Crippen molar-refractivity contribution in [1.82, 2.24) is 14.3 Å². The van der Waals surface area contributed by atoms with Gasteiger partial charge in [-0.1, -0.05) is 36.4 Å². The van der Waals surface area contributed by atoms with Crippen LogP contribution in [0.3, 0.4) is 0 Å². The second-order valence-electron chi connectivity index (χ2n) is 8.34. The molecule has 1 aliphatic rings. The highest BCUT2D eigenvalue weighted by atomic mass is 32.2. The van der Waals surface area contributed by atoms with Crippen LogP contribution in [0.5, 0.6) is 0 Å². The minimum atomic E-state index is -4.06. The van der Waals surface area contributed by atoms with Gasteiger partial charge in [0.1, 0.15) is 6.04 Å². The van der Waals surface area contributed by atoms with E-state index in [9.17, 15) is 27.6 Å². The Labute approximate surface area is 218 Å². The van der Waals surface area contributed by atoms with E-state index in [4.69, 9.17) is 9.47 Å². The van der Waals surface area contributed by atoms with Crippen LogP contribution in [-0.4, -0.2) is 54.8 Å². The number of carbonyl (C=O) groups excluding carboxylic acids is 4. The molecule has 1 aliphatic carbocycles. The second-order valence-corrected chi connectivity index (χ2v) is 10.0. The Morgan fingerprint density at radius 3 is 2.37 bits per heavy atom. The number of fused-ring (bicyclic) bond motifs is 1. The molecule has 198 valence electrons. The number of nitrogens with one attached hydrogen (secondary N) is 1. The summed E-state index contributed by atoms with van der Waals surface area (Å²) in [7, 11) is -4.06. The molecule has 0 spiro atoms. The van der Waals surface area contributed by atoms with Gasteiger partial charge in [0.25, 0.3) is 10.0 Å². The lowest BCUT2D eigenvalue weighted by atomic mass is 10.0. The van der Waals surface area contributed by atoms with Crippen LogP contribution in [-0.2, 0) is 37.1 Å². The highest BCUT2D eigenvalue weighted by Gasteiger charge is 2.37. The molecule has 1 heterocycles. The van der Waals surface area contributed by atoms with Crippen LogP contribution in [0.1, 0.15) is 62.5 Å². The molecule has 0 saturated heterocycles. The van der Waals surface area contributed by atoms with Gasteiger partial charge in [-0.05, 0) is 37.1 Å². The third kappa shape index (κ3) is 5.35. The number of nitrogens with zero attached hydrogens (tertiary/aromatic N) is 2. The zero-order valence-electron chi connectivity index (χ0n) is 20.7. The van der Waals surface area contributed by atoms with Gasteiger partial charge in [0.2, 0.25) is 11.7 Å². The predicted molar refractivity (Wildman–Crippen MR) is 133 cm³/mol. The number of Topliss-reactive ketones (excluding diaryl/α,β-unsaturated/α-hetero) is 1. The SMILES string of the molecule is CCOC(=O)c1cn(C2Cc3c(CC(=O)NS(=O)(=O)c4ccccc4)cccc3C2=O)c(C(=O)OCC)n1. The van der Waals surface area contributed by atoms with E-state index in [1.807, 2.05) is 0 Å². The number of aromatic nitrogens is 2. The molecule has 12 heteroatoms. The predicted octanol–water partition coefficient (Wildman–Crippen LogP) is 2.26. The third-order valence-electron chi connectivity index (χ3n) is 5.90. The van der Waals surface area contributed by atoms with Gasteiger partial charge in [0, 0.05) is 18.2 Å². The van der Waals surface area contributed by atoms with Gasteiger partial charge in [0.05, 0.1) is 24.5 Å². The van der Waals surface area contributed by atoms with E-state index < -0.39 is 33.9 Å². The fraction of sp³-hybridized carbons (Fsp3) is 0.269. The Balaban J connectivity index is 1.61. The molecule has 1 amide bonds. The van der Waals surface area contributed by atoms with E-state index in [1.54, 1.807) is 50.2 Å². The molecule has 1 N–H and O–H groups in total. The Hall–Kier alpha value is -4.32. The minimum absolute atomic E-state index is 0.0501. The van der Waals surface area contributed by atoms with Crippen LogP contribution in [0.4, 0.5) is 0 Å². The van der Waals surface area contributed by atoms with Crippen molar-refractivity contribution < 1.29 is 37.1 Å². The van der Waals surface area contributed by atoms with Crippen LogP contribution in [0.2, 0.25) is 0 Å². The molecule has 0 aliphatic heterocycles. The van der Waals surface area contributed by atoms with Crippen LogP contribution < -0.4 is 4.72 Å². The maximum atomic E-state index is 13.4. The standard InChI is InChI=1S/C26H25N3O8S/c1-3-36-25(32)20-15-29(24(27-20)26(33)37-4-2)21-14-19-16(9-8-12-18(19)23(21)31)13-22(30)28-38(34,35)17-10-6-5-7-11-17/h5-12,15,21H,3-4,13-14H2,1-2H3,(H,28,30). The highest BCUT2D eigenvalue weighted by Crippen LogP contribution is 2.34. The van der Waals surface area contributed by atoms with Crippen LogP contribution in [0.15, 0.2) is 59.6 Å². The van der Waals surface area contributed by atoms with Crippen molar-refractivity contribution in [1.29, 1.82) is 0 Å². The summed E-state index contributed by atoms with van der Waals surface area (Å²) in [5.41, 5.74) is 1.18. The Morgan fingerprint density at radius 1 is 1.00 bits per heavy atom. The number of sulfonamides is 1. The van der Waals surface area contributed by atoms with Crippen molar-refractivity contribution in [2.75, 3.05) is 13.2 Å². The highest BCUT2D eigenvalue weighted by molar-refractivity contribution is 7.90. The fourth-order valence-corrected chi connectivity index (χ4v) is 5.27. The summed E-state index contributed by atoms with van der Waals surface area (Å²) in [6, 6.07) is 11.4. The largest absolute Gasteiger partial charge is 0.461 e. The quantitative estimate of drug-likeness (QED) is 0.404. The molecule has 0 fully saturated rings. The first-order valence-corrected chi connectivity index (χ1v) is 13.3. The van der Waals surface area contributed by atoms with Crippen molar-refractivity contribution in [3.8, 4) is 0 Å². The van der Waals surface area contributed by atoms with Crippen LogP contribution in [0, 0.1) is 0 Å². The fourth-order valence-electron chi connectivity index (χ4n) is 4.26. The topological polar surface area (TPSA) is 151 Å². The van der Waals surface area contributed by atoms with Gasteiger partial charge in [0.15, 0.2) is 11.5 Å². The molecule has 1 aromatic heterocycles. The first-order valence-electron chi connectivity index (χ1n) is 11.8. The van der Waals surface area contributed by atoms with Crippen molar-refractivity contribution >= 4 is 33.7 Å². The smallest absolute Gasteiger partial charge is 0.374 e. The number of ketones is 1. The molecule has 0 bridgehead atoms. The maximum absolute atomic E-state index is 13.4. The van der Waals surface area contributed by atoms with Crippen molar-refractivity contribution in [2.45, 2.75) is 37.6 Å². The molecule has 0 saturated carbocycles. The van der Waals surface area contributed by atoms with E-state index in [1.165, 1.54) is 22.9 Å².